The molecule has 0 aliphatic carbocycles. The molecule has 0 saturated carbocycles. The van der Waals surface area contributed by atoms with Crippen LogP contribution in [0.4, 0.5) is 17.1 Å². The molecule has 0 radical (unpaired) electrons. The lowest BCUT2D eigenvalue weighted by Gasteiger charge is -2.42. The van der Waals surface area contributed by atoms with Gasteiger partial charge >= 0.3 is 0 Å². The molecule has 0 amide bonds. The van der Waals surface area contributed by atoms with Crippen molar-refractivity contribution in [2.75, 3.05) is 4.90 Å². The highest BCUT2D eigenvalue weighted by atomic mass is 15.2. The number of aromatic nitrogens is 3. The van der Waals surface area contributed by atoms with E-state index in [1.54, 1.807) is 0 Å². The fourth-order valence-corrected chi connectivity index (χ4v) is 7.33. The number of hydrogen-bond acceptors (Lipinski definition) is 4. The molecule has 238 valence electrons. The van der Waals surface area contributed by atoms with Crippen LogP contribution in [0.25, 0.3) is 56.1 Å². The molecule has 0 atom stereocenters. The largest absolute Gasteiger partial charge is 0.310 e. The summed E-state index contributed by atoms with van der Waals surface area (Å²) in [6, 6.07) is 59.3. The molecule has 50 heavy (non-hydrogen) atoms. The van der Waals surface area contributed by atoms with Crippen LogP contribution in [-0.2, 0) is 5.41 Å². The monoisotopic (exact) mass is 642 g/mol. The fraction of sp³-hybridized carbons (Fsp3) is 0.0652. The van der Waals surface area contributed by atoms with Crippen LogP contribution in [0.5, 0.6) is 0 Å². The summed E-state index contributed by atoms with van der Waals surface area (Å²) in [7, 11) is 0. The summed E-state index contributed by atoms with van der Waals surface area (Å²) in [6.07, 6.45) is 0. The van der Waals surface area contributed by atoms with Gasteiger partial charge in [-0.05, 0) is 41.5 Å². The van der Waals surface area contributed by atoms with Gasteiger partial charge in [0.05, 0.1) is 39.7 Å². The van der Waals surface area contributed by atoms with Gasteiger partial charge in [0.25, 0.3) is 0 Å². The van der Waals surface area contributed by atoms with E-state index in [1.807, 2.05) is 54.6 Å². The Kier molecular flexibility index (Phi) is 7.10. The summed E-state index contributed by atoms with van der Waals surface area (Å²) in [5.41, 5.74) is 15.0. The van der Waals surface area contributed by atoms with Crippen LogP contribution >= 0.6 is 0 Å². The predicted molar refractivity (Wildman–Crippen MR) is 206 cm³/mol. The number of benzene rings is 6. The predicted octanol–water partition coefficient (Wildman–Crippen LogP) is 11.8. The zero-order valence-corrected chi connectivity index (χ0v) is 28.0. The highest BCUT2D eigenvalue weighted by molar-refractivity contribution is 5.96. The molecule has 0 unspecified atom stereocenters. The number of pyridine rings is 1. The quantitative estimate of drug-likeness (QED) is 0.187. The van der Waals surface area contributed by atoms with Gasteiger partial charge in [0.2, 0.25) is 0 Å². The second kappa shape index (κ2) is 11.9. The molecular weight excluding hydrogens is 609 g/mol. The molecule has 4 heteroatoms. The minimum absolute atomic E-state index is 0.113. The van der Waals surface area contributed by atoms with Crippen molar-refractivity contribution in [2.45, 2.75) is 19.3 Å². The molecule has 2 aromatic heterocycles. The molecule has 1 aliphatic rings. The van der Waals surface area contributed by atoms with Gasteiger partial charge in [0, 0.05) is 33.4 Å². The van der Waals surface area contributed by atoms with Crippen molar-refractivity contribution in [1.82, 2.24) is 15.0 Å². The third-order valence-corrected chi connectivity index (χ3v) is 9.85. The first-order chi connectivity index (χ1) is 24.6. The van der Waals surface area contributed by atoms with Crippen molar-refractivity contribution in [2.24, 2.45) is 0 Å². The van der Waals surface area contributed by atoms with E-state index in [4.69, 9.17) is 15.0 Å². The molecule has 0 spiro atoms. The molecule has 1 aliphatic heterocycles. The van der Waals surface area contributed by atoms with Crippen LogP contribution in [0.1, 0.15) is 25.0 Å². The molecule has 0 bridgehead atoms. The Hall–Kier alpha value is -6.39. The third-order valence-electron chi connectivity index (χ3n) is 9.85. The summed E-state index contributed by atoms with van der Waals surface area (Å²) < 4.78 is 0. The number of hydrogen-bond donors (Lipinski definition) is 0. The van der Waals surface area contributed by atoms with E-state index in [2.05, 4.69) is 134 Å². The van der Waals surface area contributed by atoms with Crippen molar-refractivity contribution < 1.29 is 0 Å². The van der Waals surface area contributed by atoms with E-state index < -0.39 is 0 Å². The average molecular weight is 643 g/mol. The zero-order chi connectivity index (χ0) is 33.7. The second-order valence-electron chi connectivity index (χ2n) is 13.3. The van der Waals surface area contributed by atoms with Crippen molar-refractivity contribution in [3.8, 4) is 45.0 Å². The topological polar surface area (TPSA) is 41.9 Å². The van der Waals surface area contributed by atoms with Gasteiger partial charge < -0.3 is 4.90 Å². The highest BCUT2D eigenvalue weighted by Gasteiger charge is 2.36. The van der Waals surface area contributed by atoms with Gasteiger partial charge in [-0.2, -0.15) is 0 Å². The first-order valence-corrected chi connectivity index (χ1v) is 17.0. The van der Waals surface area contributed by atoms with Crippen molar-refractivity contribution in [1.29, 1.82) is 0 Å². The van der Waals surface area contributed by atoms with Crippen LogP contribution in [-0.4, -0.2) is 15.0 Å². The van der Waals surface area contributed by atoms with Gasteiger partial charge in [0.1, 0.15) is 5.52 Å². The zero-order valence-electron chi connectivity index (χ0n) is 28.0. The van der Waals surface area contributed by atoms with E-state index in [1.165, 1.54) is 22.5 Å². The minimum atomic E-state index is -0.113. The molecule has 3 heterocycles. The number of para-hydroxylation sites is 2. The maximum absolute atomic E-state index is 5.39. The summed E-state index contributed by atoms with van der Waals surface area (Å²) in [5, 5.41) is 0. The standard InChI is InChI=1S/C46H34N4/c1-46(2)36-22-12-14-24-40(36)50(41-25-15-13-23-37(41)46)35-28-26-34(27-29-35)44-45-39(30-38(47-44)31-16-6-3-7-17-31)48-42(32-18-8-4-9-19-32)43(49-45)33-20-10-5-11-21-33/h3-30H,1-2H3. The van der Waals surface area contributed by atoms with Crippen LogP contribution in [0, 0.1) is 0 Å². The van der Waals surface area contributed by atoms with E-state index >= 15 is 0 Å². The number of rotatable bonds is 5. The van der Waals surface area contributed by atoms with Gasteiger partial charge in [-0.15, -0.1) is 0 Å². The van der Waals surface area contributed by atoms with Crippen LogP contribution < -0.4 is 4.90 Å². The lowest BCUT2D eigenvalue weighted by Crippen LogP contribution is -2.30. The summed E-state index contributed by atoms with van der Waals surface area (Å²) >= 11 is 0. The summed E-state index contributed by atoms with van der Waals surface area (Å²) in [6.45, 7) is 4.63. The molecule has 8 aromatic rings. The molecule has 6 aromatic carbocycles. The van der Waals surface area contributed by atoms with Crippen molar-refractivity contribution in [3.05, 3.63) is 181 Å². The number of fused-ring (bicyclic) bond motifs is 3. The SMILES string of the molecule is CC1(C)c2ccccc2N(c2ccc(-c3nc(-c4ccccc4)cc4nc(-c5ccccc5)c(-c5ccccc5)nc34)cc2)c2ccccc21. The smallest absolute Gasteiger partial charge is 0.116 e. The maximum atomic E-state index is 5.39. The Morgan fingerprint density at radius 1 is 0.420 bits per heavy atom. The average Bonchev–Trinajstić information content (AvgIpc) is 3.18. The fourth-order valence-electron chi connectivity index (χ4n) is 7.33. The van der Waals surface area contributed by atoms with Gasteiger partial charge in [-0.1, -0.05) is 153 Å². The summed E-state index contributed by atoms with van der Waals surface area (Å²) in [4.78, 5) is 18.4. The Morgan fingerprint density at radius 3 is 1.44 bits per heavy atom. The molecule has 0 fully saturated rings. The van der Waals surface area contributed by atoms with Gasteiger partial charge in [-0.3, -0.25) is 0 Å². The lowest BCUT2D eigenvalue weighted by atomic mass is 9.73. The molecular formula is C46H34N4. The Morgan fingerprint density at radius 2 is 0.880 bits per heavy atom. The van der Waals surface area contributed by atoms with Crippen LogP contribution in [0.15, 0.2) is 170 Å². The maximum Gasteiger partial charge on any atom is 0.116 e. The Labute approximate surface area is 292 Å². The minimum Gasteiger partial charge on any atom is -0.310 e. The third kappa shape index (κ3) is 4.96. The molecule has 9 rings (SSSR count). The highest BCUT2D eigenvalue weighted by Crippen LogP contribution is 2.51. The summed E-state index contributed by atoms with van der Waals surface area (Å²) in [5.74, 6) is 0. The van der Waals surface area contributed by atoms with E-state index in [0.717, 1.165) is 61.8 Å². The Balaban J connectivity index is 1.25. The van der Waals surface area contributed by atoms with E-state index in [9.17, 15) is 0 Å². The Bertz CT molecular complexity index is 2440. The molecule has 4 nitrogen and oxygen atoms in total. The van der Waals surface area contributed by atoms with Gasteiger partial charge in [0.15, 0.2) is 0 Å². The molecule has 0 saturated heterocycles. The van der Waals surface area contributed by atoms with Crippen molar-refractivity contribution in [3.63, 3.8) is 0 Å². The first kappa shape index (κ1) is 29.7. The van der Waals surface area contributed by atoms with Crippen LogP contribution in [0.3, 0.4) is 0 Å². The van der Waals surface area contributed by atoms with E-state index in [-0.39, 0.29) is 5.41 Å². The normalized spacial score (nSPS) is 13.1. The lowest BCUT2D eigenvalue weighted by molar-refractivity contribution is 0.632. The number of nitrogens with zero attached hydrogens (tertiary/aromatic N) is 4. The number of anilines is 3. The first-order valence-electron chi connectivity index (χ1n) is 17.0. The van der Waals surface area contributed by atoms with Gasteiger partial charge in [-0.25, -0.2) is 15.0 Å². The molecule has 0 N–H and O–H groups in total. The second-order valence-corrected chi connectivity index (χ2v) is 13.3. The van der Waals surface area contributed by atoms with E-state index in [0.29, 0.717) is 0 Å². The van der Waals surface area contributed by atoms with Crippen molar-refractivity contribution >= 4 is 28.1 Å². The van der Waals surface area contributed by atoms with Crippen LogP contribution in [0.2, 0.25) is 0 Å².